The molecule has 2 N–H and O–H groups in total. The Labute approximate surface area is 90.7 Å². The summed E-state index contributed by atoms with van der Waals surface area (Å²) in [5.41, 5.74) is 7.69. The summed E-state index contributed by atoms with van der Waals surface area (Å²) in [6, 6.07) is 9.71. The summed E-state index contributed by atoms with van der Waals surface area (Å²) in [6.45, 7) is 1.92. The zero-order valence-electron chi connectivity index (χ0n) is 7.74. The molecule has 2 aromatic rings. The van der Waals surface area contributed by atoms with Gasteiger partial charge in [0.2, 0.25) is 0 Å². The molecule has 0 bridgehead atoms. The molecule has 1 heterocycles. The monoisotopic (exact) mass is 251 g/mol. The highest BCUT2D eigenvalue weighted by Crippen LogP contribution is 2.16. The van der Waals surface area contributed by atoms with Crippen molar-refractivity contribution < 1.29 is 0 Å². The lowest BCUT2D eigenvalue weighted by molar-refractivity contribution is 0.872. The van der Waals surface area contributed by atoms with E-state index in [4.69, 9.17) is 5.73 Å². The Morgan fingerprint density at radius 3 is 2.43 bits per heavy atom. The summed E-state index contributed by atoms with van der Waals surface area (Å²) in [4.78, 5) is 0. The van der Waals surface area contributed by atoms with Crippen molar-refractivity contribution in [2.45, 2.75) is 6.92 Å². The lowest BCUT2D eigenvalue weighted by atomic mass is 10.3. The second-order valence-electron chi connectivity index (χ2n) is 3.10. The van der Waals surface area contributed by atoms with Gasteiger partial charge in [0.25, 0.3) is 0 Å². The molecule has 72 valence electrons. The highest BCUT2D eigenvalue weighted by Gasteiger charge is 2.03. The van der Waals surface area contributed by atoms with E-state index in [1.165, 1.54) is 0 Å². The average molecular weight is 252 g/mol. The van der Waals surface area contributed by atoms with Crippen molar-refractivity contribution >= 4 is 21.7 Å². The molecule has 0 fully saturated rings. The van der Waals surface area contributed by atoms with E-state index in [1.807, 2.05) is 37.3 Å². The minimum atomic E-state index is 0.657. The van der Waals surface area contributed by atoms with E-state index in [-0.39, 0.29) is 0 Å². The van der Waals surface area contributed by atoms with Gasteiger partial charge in [-0.3, -0.25) is 0 Å². The van der Waals surface area contributed by atoms with Gasteiger partial charge in [0.1, 0.15) is 5.82 Å². The van der Waals surface area contributed by atoms with E-state index < -0.39 is 0 Å². The summed E-state index contributed by atoms with van der Waals surface area (Å²) in [5, 5.41) is 4.29. The minimum Gasteiger partial charge on any atom is -0.384 e. The molecule has 0 radical (unpaired) electrons. The van der Waals surface area contributed by atoms with E-state index in [9.17, 15) is 0 Å². The fourth-order valence-electron chi connectivity index (χ4n) is 1.31. The molecule has 0 unspecified atom stereocenters. The van der Waals surface area contributed by atoms with Crippen molar-refractivity contribution in [1.29, 1.82) is 0 Å². The van der Waals surface area contributed by atoms with Gasteiger partial charge in [0, 0.05) is 10.5 Å². The molecule has 2 rings (SSSR count). The Hall–Kier alpha value is -1.29. The van der Waals surface area contributed by atoms with Crippen molar-refractivity contribution in [3.63, 3.8) is 0 Å². The third-order valence-electron chi connectivity index (χ3n) is 1.93. The Balaban J connectivity index is 2.49. The highest BCUT2D eigenvalue weighted by atomic mass is 79.9. The second kappa shape index (κ2) is 3.46. The van der Waals surface area contributed by atoms with E-state index in [2.05, 4.69) is 21.0 Å². The topological polar surface area (TPSA) is 43.8 Å². The molecule has 0 aliphatic rings. The SMILES string of the molecule is Cc1cc(N)n(-c2ccc(Br)cc2)n1. The number of aryl methyl sites for hydroxylation is 1. The third-order valence-corrected chi connectivity index (χ3v) is 2.46. The Kier molecular flexibility index (Phi) is 2.29. The molecule has 0 atom stereocenters. The van der Waals surface area contributed by atoms with E-state index in [0.29, 0.717) is 5.82 Å². The standard InChI is InChI=1S/C10H10BrN3/c1-7-6-10(12)14(13-7)9-4-2-8(11)3-5-9/h2-6H,12H2,1H3. The van der Waals surface area contributed by atoms with Crippen molar-refractivity contribution in [2.24, 2.45) is 0 Å². The number of rotatable bonds is 1. The summed E-state index contributed by atoms with van der Waals surface area (Å²) in [7, 11) is 0. The predicted molar refractivity (Wildman–Crippen MR) is 60.4 cm³/mol. The zero-order valence-corrected chi connectivity index (χ0v) is 9.32. The molecule has 0 amide bonds. The number of benzene rings is 1. The first kappa shape index (κ1) is 9.27. The highest BCUT2D eigenvalue weighted by molar-refractivity contribution is 9.10. The maximum Gasteiger partial charge on any atom is 0.127 e. The fraction of sp³-hybridized carbons (Fsp3) is 0.100. The molecule has 0 saturated carbocycles. The molecule has 0 aliphatic carbocycles. The second-order valence-corrected chi connectivity index (χ2v) is 4.01. The minimum absolute atomic E-state index is 0.657. The van der Waals surface area contributed by atoms with Gasteiger partial charge in [0.15, 0.2) is 0 Å². The quantitative estimate of drug-likeness (QED) is 0.847. The molecule has 3 nitrogen and oxygen atoms in total. The van der Waals surface area contributed by atoms with Crippen LogP contribution >= 0.6 is 15.9 Å². The normalized spacial score (nSPS) is 10.4. The van der Waals surface area contributed by atoms with Crippen LogP contribution in [0.4, 0.5) is 5.82 Å². The summed E-state index contributed by atoms with van der Waals surface area (Å²) in [6.07, 6.45) is 0. The zero-order chi connectivity index (χ0) is 10.1. The van der Waals surface area contributed by atoms with Crippen LogP contribution in [-0.4, -0.2) is 9.78 Å². The van der Waals surface area contributed by atoms with Crippen LogP contribution in [0.1, 0.15) is 5.69 Å². The molecule has 4 heteroatoms. The van der Waals surface area contributed by atoms with Crippen LogP contribution in [0.15, 0.2) is 34.8 Å². The summed E-state index contributed by atoms with van der Waals surface area (Å²) >= 11 is 3.38. The molecular weight excluding hydrogens is 242 g/mol. The average Bonchev–Trinajstić information content (AvgIpc) is 2.47. The number of aromatic nitrogens is 2. The van der Waals surface area contributed by atoms with Gasteiger partial charge in [-0.1, -0.05) is 15.9 Å². The van der Waals surface area contributed by atoms with Gasteiger partial charge in [-0.15, -0.1) is 0 Å². The van der Waals surface area contributed by atoms with Crippen LogP contribution in [-0.2, 0) is 0 Å². The fourth-order valence-corrected chi connectivity index (χ4v) is 1.57. The van der Waals surface area contributed by atoms with Gasteiger partial charge in [0.05, 0.1) is 11.4 Å². The lowest BCUT2D eigenvalue weighted by Gasteiger charge is -2.03. The Morgan fingerprint density at radius 2 is 1.93 bits per heavy atom. The molecule has 0 saturated heterocycles. The number of anilines is 1. The number of nitrogens with two attached hydrogens (primary N) is 1. The van der Waals surface area contributed by atoms with Crippen LogP contribution in [0.5, 0.6) is 0 Å². The van der Waals surface area contributed by atoms with E-state index in [1.54, 1.807) is 4.68 Å². The molecule has 14 heavy (non-hydrogen) atoms. The molecule has 1 aromatic carbocycles. The van der Waals surface area contributed by atoms with Crippen molar-refractivity contribution in [2.75, 3.05) is 5.73 Å². The number of hydrogen-bond donors (Lipinski definition) is 1. The summed E-state index contributed by atoms with van der Waals surface area (Å²) in [5.74, 6) is 0.657. The van der Waals surface area contributed by atoms with E-state index in [0.717, 1.165) is 15.9 Å². The largest absolute Gasteiger partial charge is 0.384 e. The van der Waals surface area contributed by atoms with Crippen molar-refractivity contribution in [3.8, 4) is 5.69 Å². The van der Waals surface area contributed by atoms with Crippen molar-refractivity contribution in [1.82, 2.24) is 9.78 Å². The molecule has 0 aliphatic heterocycles. The number of hydrogen-bond acceptors (Lipinski definition) is 2. The number of nitrogens with zero attached hydrogens (tertiary/aromatic N) is 2. The maximum atomic E-state index is 5.80. The first-order valence-corrected chi connectivity index (χ1v) is 5.04. The number of nitrogen functional groups attached to an aromatic ring is 1. The van der Waals surface area contributed by atoms with Crippen LogP contribution in [0.3, 0.4) is 0 Å². The van der Waals surface area contributed by atoms with Gasteiger partial charge >= 0.3 is 0 Å². The summed E-state index contributed by atoms with van der Waals surface area (Å²) < 4.78 is 2.77. The maximum absolute atomic E-state index is 5.80. The predicted octanol–water partition coefficient (Wildman–Crippen LogP) is 2.53. The first-order chi connectivity index (χ1) is 6.66. The van der Waals surface area contributed by atoms with E-state index >= 15 is 0 Å². The lowest BCUT2D eigenvalue weighted by Crippen LogP contribution is -2.01. The number of halogens is 1. The Morgan fingerprint density at radius 1 is 1.29 bits per heavy atom. The van der Waals surface area contributed by atoms with Crippen LogP contribution in [0, 0.1) is 6.92 Å². The third kappa shape index (κ3) is 1.65. The van der Waals surface area contributed by atoms with Gasteiger partial charge in [-0.2, -0.15) is 5.10 Å². The molecular formula is C10H10BrN3. The van der Waals surface area contributed by atoms with Gasteiger partial charge < -0.3 is 5.73 Å². The van der Waals surface area contributed by atoms with Crippen LogP contribution in [0.2, 0.25) is 0 Å². The Bertz CT molecular complexity index is 445. The molecule has 1 aromatic heterocycles. The smallest absolute Gasteiger partial charge is 0.127 e. The van der Waals surface area contributed by atoms with Gasteiger partial charge in [-0.25, -0.2) is 4.68 Å². The van der Waals surface area contributed by atoms with Gasteiger partial charge in [-0.05, 0) is 31.2 Å². The van der Waals surface area contributed by atoms with Crippen molar-refractivity contribution in [3.05, 3.63) is 40.5 Å². The van der Waals surface area contributed by atoms with Crippen LogP contribution in [0.25, 0.3) is 5.69 Å². The molecule has 0 spiro atoms. The van der Waals surface area contributed by atoms with Crippen LogP contribution < -0.4 is 5.73 Å². The first-order valence-electron chi connectivity index (χ1n) is 4.25.